The van der Waals surface area contributed by atoms with Gasteiger partial charge in [-0.15, -0.1) is 0 Å². The van der Waals surface area contributed by atoms with Gasteiger partial charge in [0.15, 0.2) is 0 Å². The van der Waals surface area contributed by atoms with E-state index in [1.165, 1.54) is 48.4 Å². The highest BCUT2D eigenvalue weighted by molar-refractivity contribution is 8.13. The molecule has 0 N–H and O–H groups in total. The Bertz CT molecular complexity index is 992. The fraction of sp³-hybridized carbons (Fsp3) is 0.0588. The first-order valence-electron chi connectivity index (χ1n) is 7.41. The molecule has 0 bridgehead atoms. The lowest BCUT2D eigenvalue weighted by molar-refractivity contribution is -0.137. The van der Waals surface area contributed by atoms with Gasteiger partial charge in [-0.1, -0.05) is 23.9 Å². The second kappa shape index (κ2) is 7.84. The van der Waals surface area contributed by atoms with E-state index in [9.17, 15) is 17.7 Å². The molecule has 0 fully saturated rings. The first kappa shape index (κ1) is 20.2. The Labute approximate surface area is 166 Å². The van der Waals surface area contributed by atoms with Gasteiger partial charge in [-0.2, -0.15) is 13.2 Å². The van der Waals surface area contributed by atoms with Crippen LogP contribution in [0, 0.1) is 0 Å². The largest absolute Gasteiger partial charge is 0.416 e. The molecule has 0 radical (unpaired) electrons. The van der Waals surface area contributed by atoms with E-state index in [1.807, 2.05) is 0 Å². The second-order valence-electron chi connectivity index (χ2n) is 5.34. The molecule has 1 heterocycles. The van der Waals surface area contributed by atoms with Crippen LogP contribution in [0.3, 0.4) is 0 Å². The summed E-state index contributed by atoms with van der Waals surface area (Å²) in [7, 11) is 0. The van der Waals surface area contributed by atoms with E-state index in [-0.39, 0.29) is 0 Å². The molecular formula is C17H10Cl2F3N2OPS. The van der Waals surface area contributed by atoms with Crippen molar-refractivity contribution in [3.63, 3.8) is 0 Å². The Balaban J connectivity index is 1.89. The Hall–Kier alpha value is -1.53. The predicted octanol–water partition coefficient (Wildman–Crippen LogP) is 6.61. The van der Waals surface area contributed by atoms with Crippen LogP contribution in [0.4, 0.5) is 13.2 Å². The van der Waals surface area contributed by atoms with Gasteiger partial charge in [0, 0.05) is 28.2 Å². The summed E-state index contributed by atoms with van der Waals surface area (Å²) in [5.74, 6) is -3.40. The summed E-state index contributed by atoms with van der Waals surface area (Å²) in [5.41, 5.74) is 0.504. The van der Waals surface area contributed by atoms with Crippen LogP contribution in [0.25, 0.3) is 11.3 Å². The first-order valence-corrected chi connectivity index (χ1v) is 11.7. The molecule has 0 atom stereocenters. The number of hydrogen-bond donors (Lipinski definition) is 0. The van der Waals surface area contributed by atoms with Gasteiger partial charge >= 0.3 is 6.18 Å². The SMILES string of the molecule is O=P(Cl)(Cl)c1ccc(-c2nccnc2Sc2ccc(C(F)(F)F)cc2)cc1. The number of halogens is 5. The number of hydrogen-bond acceptors (Lipinski definition) is 4. The molecule has 3 rings (SSSR count). The molecule has 3 aromatic rings. The summed E-state index contributed by atoms with van der Waals surface area (Å²) in [5, 5.41) is 0.820. The fourth-order valence-corrected chi connectivity index (χ4v) is 4.26. The summed E-state index contributed by atoms with van der Waals surface area (Å²) >= 11 is 12.5. The van der Waals surface area contributed by atoms with Gasteiger partial charge in [-0.25, -0.2) is 4.98 Å². The monoisotopic (exact) mass is 448 g/mol. The molecule has 3 nitrogen and oxygen atoms in total. The van der Waals surface area contributed by atoms with Gasteiger partial charge in [0.2, 0.25) is 0 Å². The van der Waals surface area contributed by atoms with Gasteiger partial charge in [0.1, 0.15) is 10.7 Å². The third-order valence-electron chi connectivity index (χ3n) is 3.50. The van der Waals surface area contributed by atoms with Gasteiger partial charge in [0.05, 0.1) is 5.56 Å². The highest BCUT2D eigenvalue weighted by atomic mass is 35.9. The summed E-state index contributed by atoms with van der Waals surface area (Å²) in [6, 6.07) is 11.2. The number of rotatable bonds is 4. The fourth-order valence-electron chi connectivity index (χ4n) is 2.21. The van der Waals surface area contributed by atoms with Crippen LogP contribution in [-0.2, 0) is 10.7 Å². The van der Waals surface area contributed by atoms with Crippen molar-refractivity contribution >= 4 is 45.4 Å². The summed E-state index contributed by atoms with van der Waals surface area (Å²) < 4.78 is 49.7. The van der Waals surface area contributed by atoms with E-state index >= 15 is 0 Å². The minimum absolute atomic E-state index is 0.301. The molecule has 1 aromatic heterocycles. The second-order valence-corrected chi connectivity index (χ2v) is 11.2. The summed E-state index contributed by atoms with van der Waals surface area (Å²) in [6.45, 7) is 0. The van der Waals surface area contributed by atoms with Gasteiger partial charge in [0.25, 0.3) is 5.85 Å². The van der Waals surface area contributed by atoms with Gasteiger partial charge in [-0.3, -0.25) is 9.55 Å². The minimum atomic E-state index is -4.38. The summed E-state index contributed by atoms with van der Waals surface area (Å²) in [4.78, 5) is 9.15. The maximum Gasteiger partial charge on any atom is 0.416 e. The average molecular weight is 449 g/mol. The van der Waals surface area contributed by atoms with Gasteiger partial charge < -0.3 is 0 Å². The van der Waals surface area contributed by atoms with Crippen molar-refractivity contribution in [3.8, 4) is 11.3 Å². The Morgan fingerprint density at radius 1 is 0.889 bits per heavy atom. The van der Waals surface area contributed by atoms with Crippen molar-refractivity contribution in [1.82, 2.24) is 9.97 Å². The lowest BCUT2D eigenvalue weighted by Gasteiger charge is -2.10. The lowest BCUT2D eigenvalue weighted by Crippen LogP contribution is -2.03. The molecule has 0 aliphatic heterocycles. The molecule has 0 saturated carbocycles. The number of benzene rings is 2. The predicted molar refractivity (Wildman–Crippen MR) is 102 cm³/mol. The average Bonchev–Trinajstić information content (AvgIpc) is 2.61. The topological polar surface area (TPSA) is 42.9 Å². The maximum absolute atomic E-state index is 12.7. The van der Waals surface area contributed by atoms with Crippen molar-refractivity contribution in [2.24, 2.45) is 0 Å². The van der Waals surface area contributed by atoms with E-state index in [4.69, 9.17) is 22.5 Å². The Kier molecular flexibility index (Phi) is 5.87. The van der Waals surface area contributed by atoms with Crippen LogP contribution < -0.4 is 5.30 Å². The van der Waals surface area contributed by atoms with E-state index in [1.54, 1.807) is 12.1 Å². The van der Waals surface area contributed by atoms with Crippen LogP contribution in [0.1, 0.15) is 5.56 Å². The van der Waals surface area contributed by atoms with E-state index in [0.29, 0.717) is 26.5 Å². The highest BCUT2D eigenvalue weighted by Gasteiger charge is 2.30. The number of nitrogens with zero attached hydrogens (tertiary/aromatic N) is 2. The molecule has 0 spiro atoms. The molecule has 0 unspecified atom stereocenters. The van der Waals surface area contributed by atoms with Crippen molar-refractivity contribution < 1.29 is 17.7 Å². The molecule has 0 amide bonds. The van der Waals surface area contributed by atoms with Crippen LogP contribution in [0.2, 0.25) is 0 Å². The Morgan fingerprint density at radius 2 is 1.48 bits per heavy atom. The normalized spacial score (nSPS) is 12.2. The van der Waals surface area contributed by atoms with Crippen molar-refractivity contribution in [1.29, 1.82) is 0 Å². The maximum atomic E-state index is 12.7. The Morgan fingerprint density at radius 3 is 2.04 bits per heavy atom. The zero-order chi connectivity index (χ0) is 19.7. The zero-order valence-corrected chi connectivity index (χ0v) is 16.5. The quantitative estimate of drug-likeness (QED) is 0.421. The molecule has 0 aliphatic rings. The van der Waals surface area contributed by atoms with Crippen LogP contribution >= 0.6 is 40.1 Å². The number of aromatic nitrogens is 2. The smallest absolute Gasteiger partial charge is 0.284 e. The van der Waals surface area contributed by atoms with Crippen molar-refractivity contribution in [3.05, 3.63) is 66.5 Å². The van der Waals surface area contributed by atoms with Gasteiger partial charge in [-0.05, 0) is 58.9 Å². The first-order chi connectivity index (χ1) is 12.6. The van der Waals surface area contributed by atoms with E-state index in [0.717, 1.165) is 12.1 Å². The molecule has 0 saturated heterocycles. The zero-order valence-electron chi connectivity index (χ0n) is 13.3. The number of alkyl halides is 3. The molecule has 10 heteroatoms. The highest BCUT2D eigenvalue weighted by Crippen LogP contribution is 2.55. The van der Waals surface area contributed by atoms with E-state index in [2.05, 4.69) is 9.97 Å². The molecule has 140 valence electrons. The third-order valence-corrected chi connectivity index (χ3v) is 6.57. The third kappa shape index (κ3) is 5.05. The van der Waals surface area contributed by atoms with Crippen LogP contribution in [0.15, 0.2) is 70.8 Å². The standard InChI is InChI=1S/C17H10Cl2F3N2OPS/c18-26(19,25)13-5-1-11(2-6-13)15-16(24-10-9-23-15)27-14-7-3-12(4-8-14)17(20,21)22/h1-10H. The molecule has 0 aliphatic carbocycles. The molecular weight excluding hydrogens is 439 g/mol. The molecule has 27 heavy (non-hydrogen) atoms. The lowest BCUT2D eigenvalue weighted by atomic mass is 10.2. The van der Waals surface area contributed by atoms with Crippen molar-refractivity contribution in [2.45, 2.75) is 16.1 Å². The van der Waals surface area contributed by atoms with Crippen LogP contribution in [0.5, 0.6) is 0 Å². The van der Waals surface area contributed by atoms with Crippen LogP contribution in [-0.4, -0.2) is 9.97 Å². The minimum Gasteiger partial charge on any atom is -0.284 e. The molecule has 2 aromatic carbocycles. The summed E-state index contributed by atoms with van der Waals surface area (Å²) in [6.07, 6.45) is -1.38. The van der Waals surface area contributed by atoms with Crippen molar-refractivity contribution in [2.75, 3.05) is 0 Å². The van der Waals surface area contributed by atoms with E-state index < -0.39 is 17.6 Å².